The summed E-state index contributed by atoms with van der Waals surface area (Å²) in [7, 11) is 0. The molecule has 1 heterocycles. The Kier molecular flexibility index (Phi) is 3.61. The first-order valence-corrected chi connectivity index (χ1v) is 4.61. The molecule has 0 saturated carbocycles. The van der Waals surface area contributed by atoms with E-state index in [1.807, 2.05) is 0 Å². The average molecular weight is 240 g/mol. The van der Waals surface area contributed by atoms with Crippen molar-refractivity contribution in [2.24, 2.45) is 5.73 Å². The van der Waals surface area contributed by atoms with Gasteiger partial charge in [0, 0.05) is 6.54 Å². The number of hydrogen-bond acceptors (Lipinski definition) is 3. The van der Waals surface area contributed by atoms with Crippen LogP contribution in [0.5, 0.6) is 0 Å². The first-order valence-electron chi connectivity index (χ1n) is 4.61. The highest BCUT2D eigenvalue weighted by atomic mass is 19.4. The van der Waals surface area contributed by atoms with Crippen molar-refractivity contribution < 1.29 is 27.5 Å². The van der Waals surface area contributed by atoms with Crippen LogP contribution in [-0.2, 0) is 9.53 Å². The summed E-state index contributed by atoms with van der Waals surface area (Å²) in [4.78, 5) is 23.0. The molecule has 0 aromatic heterocycles. The van der Waals surface area contributed by atoms with E-state index in [9.17, 15) is 22.8 Å². The zero-order valence-electron chi connectivity index (χ0n) is 8.29. The molecule has 0 aliphatic carbocycles. The zero-order chi connectivity index (χ0) is 12.3. The number of hydrogen-bond donors (Lipinski definition) is 1. The molecule has 5 nitrogen and oxygen atoms in total. The van der Waals surface area contributed by atoms with Gasteiger partial charge in [-0.1, -0.05) is 0 Å². The van der Waals surface area contributed by atoms with Crippen molar-refractivity contribution in [2.75, 3.05) is 13.2 Å². The maximum atomic E-state index is 11.8. The topological polar surface area (TPSA) is 72.6 Å². The monoisotopic (exact) mass is 240 g/mol. The first-order chi connectivity index (χ1) is 7.31. The van der Waals surface area contributed by atoms with Gasteiger partial charge in [0.25, 0.3) is 0 Å². The normalized spacial score (nSPS) is 20.9. The van der Waals surface area contributed by atoms with Crippen molar-refractivity contribution in [3.05, 3.63) is 0 Å². The van der Waals surface area contributed by atoms with E-state index in [0.717, 1.165) is 4.90 Å². The molecule has 1 saturated heterocycles. The predicted octanol–water partition coefficient (Wildman–Crippen LogP) is 0.635. The van der Waals surface area contributed by atoms with Gasteiger partial charge in [-0.15, -0.1) is 0 Å². The van der Waals surface area contributed by atoms with Crippen LogP contribution in [0.2, 0.25) is 0 Å². The molecule has 0 unspecified atom stereocenters. The number of amides is 2. The molecule has 8 heteroatoms. The molecular weight excluding hydrogens is 229 g/mol. The zero-order valence-corrected chi connectivity index (χ0v) is 8.29. The van der Waals surface area contributed by atoms with Gasteiger partial charge in [0.1, 0.15) is 6.04 Å². The summed E-state index contributed by atoms with van der Waals surface area (Å²) in [6.07, 6.45) is -4.85. The van der Waals surface area contributed by atoms with Gasteiger partial charge in [-0.05, 0) is 12.8 Å². The average Bonchev–Trinajstić information content (AvgIpc) is 2.61. The van der Waals surface area contributed by atoms with Crippen LogP contribution in [0, 0.1) is 0 Å². The Hall–Kier alpha value is -1.47. The molecule has 16 heavy (non-hydrogen) atoms. The molecule has 0 aromatic rings. The summed E-state index contributed by atoms with van der Waals surface area (Å²) < 4.78 is 39.3. The van der Waals surface area contributed by atoms with E-state index in [4.69, 9.17) is 5.73 Å². The SMILES string of the molecule is NC(=O)[C@@H]1CCCN1C(=O)OCC(F)(F)F. The lowest BCUT2D eigenvalue weighted by molar-refractivity contribution is -0.162. The largest absolute Gasteiger partial charge is 0.440 e. The minimum absolute atomic E-state index is 0.185. The Balaban J connectivity index is 2.50. The van der Waals surface area contributed by atoms with E-state index in [1.54, 1.807) is 0 Å². The van der Waals surface area contributed by atoms with Gasteiger partial charge in [-0.2, -0.15) is 13.2 Å². The van der Waals surface area contributed by atoms with Crippen LogP contribution in [-0.4, -0.2) is 42.3 Å². The van der Waals surface area contributed by atoms with Crippen molar-refractivity contribution in [1.82, 2.24) is 4.90 Å². The first kappa shape index (κ1) is 12.6. The van der Waals surface area contributed by atoms with Crippen molar-refractivity contribution in [3.8, 4) is 0 Å². The highest BCUT2D eigenvalue weighted by Crippen LogP contribution is 2.20. The summed E-state index contributed by atoms with van der Waals surface area (Å²) in [6, 6.07) is -0.860. The summed E-state index contributed by atoms with van der Waals surface area (Å²) >= 11 is 0. The van der Waals surface area contributed by atoms with Gasteiger partial charge in [-0.3, -0.25) is 9.69 Å². The summed E-state index contributed by atoms with van der Waals surface area (Å²) in [6.45, 7) is -1.47. The van der Waals surface area contributed by atoms with E-state index in [1.165, 1.54) is 0 Å². The quantitative estimate of drug-likeness (QED) is 0.769. The molecule has 1 rings (SSSR count). The summed E-state index contributed by atoms with van der Waals surface area (Å²) in [5.74, 6) is -0.735. The molecule has 0 spiro atoms. The number of ether oxygens (including phenoxy) is 1. The van der Waals surface area contributed by atoms with Crippen LogP contribution in [0.15, 0.2) is 0 Å². The molecule has 1 fully saturated rings. The Morgan fingerprint density at radius 1 is 1.44 bits per heavy atom. The highest BCUT2D eigenvalue weighted by Gasteiger charge is 2.36. The number of nitrogens with two attached hydrogens (primary N) is 1. The number of alkyl halides is 3. The number of carbonyl (C=O) groups excluding carboxylic acids is 2. The molecule has 1 aliphatic heterocycles. The second-order valence-corrected chi connectivity index (χ2v) is 3.42. The Labute approximate surface area is 89.3 Å². The Morgan fingerprint density at radius 3 is 2.56 bits per heavy atom. The summed E-state index contributed by atoms with van der Waals surface area (Å²) in [5, 5.41) is 0. The molecule has 2 N–H and O–H groups in total. The smallest absolute Gasteiger partial charge is 0.422 e. The Morgan fingerprint density at radius 2 is 2.06 bits per heavy atom. The Bertz CT molecular complexity index is 293. The lowest BCUT2D eigenvalue weighted by Gasteiger charge is -2.21. The van der Waals surface area contributed by atoms with Gasteiger partial charge in [0.15, 0.2) is 6.61 Å². The molecule has 92 valence electrons. The minimum atomic E-state index is -4.57. The van der Waals surface area contributed by atoms with Gasteiger partial charge in [0.05, 0.1) is 0 Å². The fraction of sp³-hybridized carbons (Fsp3) is 0.750. The predicted molar refractivity (Wildman–Crippen MR) is 46.3 cm³/mol. The number of likely N-dealkylation sites (tertiary alicyclic amines) is 1. The van der Waals surface area contributed by atoms with Crippen LogP contribution < -0.4 is 5.73 Å². The van der Waals surface area contributed by atoms with E-state index in [-0.39, 0.29) is 6.54 Å². The molecular formula is C8H11F3N2O3. The van der Waals surface area contributed by atoms with Crippen LogP contribution in [0.25, 0.3) is 0 Å². The summed E-state index contributed by atoms with van der Waals surface area (Å²) in [5.41, 5.74) is 5.00. The molecule has 1 aliphatic rings. The van der Waals surface area contributed by atoms with Gasteiger partial charge in [-0.25, -0.2) is 4.79 Å². The number of rotatable bonds is 2. The van der Waals surface area contributed by atoms with Crippen LogP contribution in [0.4, 0.5) is 18.0 Å². The maximum absolute atomic E-state index is 11.8. The van der Waals surface area contributed by atoms with E-state index < -0.39 is 30.8 Å². The lowest BCUT2D eigenvalue weighted by atomic mass is 10.2. The van der Waals surface area contributed by atoms with Gasteiger partial charge >= 0.3 is 12.3 Å². The minimum Gasteiger partial charge on any atom is -0.440 e. The second-order valence-electron chi connectivity index (χ2n) is 3.42. The number of halogens is 3. The molecule has 0 bridgehead atoms. The third kappa shape index (κ3) is 3.28. The van der Waals surface area contributed by atoms with Crippen molar-refractivity contribution in [2.45, 2.75) is 25.1 Å². The van der Waals surface area contributed by atoms with Gasteiger partial charge < -0.3 is 10.5 Å². The molecule has 2 amide bonds. The third-order valence-corrected chi connectivity index (χ3v) is 2.18. The highest BCUT2D eigenvalue weighted by molar-refractivity contribution is 5.84. The molecule has 0 aromatic carbocycles. The van der Waals surface area contributed by atoms with Crippen molar-refractivity contribution in [3.63, 3.8) is 0 Å². The molecule has 1 atom stereocenters. The van der Waals surface area contributed by atoms with Gasteiger partial charge in [0.2, 0.25) is 5.91 Å². The van der Waals surface area contributed by atoms with Crippen LogP contribution in [0.1, 0.15) is 12.8 Å². The fourth-order valence-electron chi connectivity index (χ4n) is 1.51. The van der Waals surface area contributed by atoms with E-state index >= 15 is 0 Å². The lowest BCUT2D eigenvalue weighted by Crippen LogP contribution is -2.44. The third-order valence-electron chi connectivity index (χ3n) is 2.18. The molecule has 0 radical (unpaired) electrons. The maximum Gasteiger partial charge on any atom is 0.422 e. The second kappa shape index (κ2) is 4.58. The van der Waals surface area contributed by atoms with Crippen molar-refractivity contribution in [1.29, 1.82) is 0 Å². The van der Waals surface area contributed by atoms with Crippen molar-refractivity contribution >= 4 is 12.0 Å². The fourth-order valence-corrected chi connectivity index (χ4v) is 1.51. The van der Waals surface area contributed by atoms with E-state index in [2.05, 4.69) is 4.74 Å². The number of nitrogens with zero attached hydrogens (tertiary/aromatic N) is 1. The van der Waals surface area contributed by atoms with Crippen LogP contribution >= 0.6 is 0 Å². The van der Waals surface area contributed by atoms with Crippen LogP contribution in [0.3, 0.4) is 0 Å². The standard InChI is InChI=1S/C8H11F3N2O3/c9-8(10,11)4-16-7(15)13-3-1-2-5(13)6(12)14/h5H,1-4H2,(H2,12,14)/t5-/m0/s1. The number of primary amides is 1. The van der Waals surface area contributed by atoms with E-state index in [0.29, 0.717) is 12.8 Å². The number of carbonyl (C=O) groups is 2.